The molecule has 0 aromatic heterocycles. The highest BCUT2D eigenvalue weighted by molar-refractivity contribution is 7.92. The standard InChI is InChI=1S/C27H29Cl2N3O5S/c1-30-27(34)25(13-19-8-5-4-6-9-19)31(17-20-10-7-11-24(12-20)37-2)26(33)18-32(38(3,35)36)23-15-21(28)14-22(29)16-23/h4-12,14-16,25H,13,17-18H2,1-3H3,(H,30,34). The number of anilines is 1. The van der Waals surface area contributed by atoms with Gasteiger partial charge in [0.2, 0.25) is 21.8 Å². The molecule has 0 heterocycles. The Balaban J connectivity index is 2.05. The molecule has 8 nitrogen and oxygen atoms in total. The van der Waals surface area contributed by atoms with Crippen LogP contribution < -0.4 is 14.4 Å². The number of amides is 2. The molecule has 1 N–H and O–H groups in total. The van der Waals surface area contributed by atoms with Gasteiger partial charge in [-0.2, -0.15) is 0 Å². The number of rotatable bonds is 11. The van der Waals surface area contributed by atoms with Crippen LogP contribution in [-0.4, -0.2) is 58.1 Å². The van der Waals surface area contributed by atoms with Crippen LogP contribution in [0, 0.1) is 0 Å². The predicted molar refractivity (Wildman–Crippen MR) is 150 cm³/mol. The smallest absolute Gasteiger partial charge is 0.244 e. The van der Waals surface area contributed by atoms with Gasteiger partial charge in [0.15, 0.2) is 0 Å². The first-order chi connectivity index (χ1) is 18.0. The lowest BCUT2D eigenvalue weighted by Crippen LogP contribution is -2.52. The maximum Gasteiger partial charge on any atom is 0.244 e. The molecule has 0 radical (unpaired) electrons. The maximum absolute atomic E-state index is 13.9. The molecule has 0 aliphatic heterocycles. The van der Waals surface area contributed by atoms with Gasteiger partial charge >= 0.3 is 0 Å². The summed E-state index contributed by atoms with van der Waals surface area (Å²) in [7, 11) is -0.902. The van der Waals surface area contributed by atoms with Crippen LogP contribution in [0.25, 0.3) is 0 Å². The zero-order valence-corrected chi connectivity index (χ0v) is 23.6. The second kappa shape index (κ2) is 13.0. The molecule has 3 rings (SSSR count). The van der Waals surface area contributed by atoms with Crippen LogP contribution >= 0.6 is 23.2 Å². The van der Waals surface area contributed by atoms with Crippen LogP contribution in [0.1, 0.15) is 11.1 Å². The van der Waals surface area contributed by atoms with E-state index in [9.17, 15) is 18.0 Å². The number of benzene rings is 3. The normalized spacial score (nSPS) is 11.9. The van der Waals surface area contributed by atoms with Gasteiger partial charge in [-0.05, 0) is 41.5 Å². The molecule has 1 atom stereocenters. The van der Waals surface area contributed by atoms with E-state index in [2.05, 4.69) is 5.32 Å². The van der Waals surface area contributed by atoms with Crippen molar-refractivity contribution in [2.75, 3.05) is 31.3 Å². The van der Waals surface area contributed by atoms with Crippen molar-refractivity contribution in [2.45, 2.75) is 19.0 Å². The summed E-state index contributed by atoms with van der Waals surface area (Å²) >= 11 is 12.2. The molecule has 0 spiro atoms. The van der Waals surface area contributed by atoms with E-state index in [-0.39, 0.29) is 34.6 Å². The lowest BCUT2D eigenvalue weighted by molar-refractivity contribution is -0.139. The van der Waals surface area contributed by atoms with Crippen molar-refractivity contribution in [2.24, 2.45) is 0 Å². The maximum atomic E-state index is 13.9. The Labute approximate surface area is 233 Å². The van der Waals surface area contributed by atoms with E-state index in [0.29, 0.717) is 11.3 Å². The number of carbonyl (C=O) groups excluding carboxylic acids is 2. The van der Waals surface area contributed by atoms with Gasteiger partial charge in [-0.15, -0.1) is 0 Å². The number of nitrogens with one attached hydrogen (secondary N) is 1. The molecule has 11 heteroatoms. The van der Waals surface area contributed by atoms with E-state index >= 15 is 0 Å². The molecule has 0 saturated carbocycles. The number of methoxy groups -OCH3 is 1. The Bertz CT molecular complexity index is 1370. The fourth-order valence-corrected chi connectivity index (χ4v) is 5.33. The number of likely N-dealkylation sites (N-methyl/N-ethyl adjacent to an activating group) is 1. The highest BCUT2D eigenvalue weighted by atomic mass is 35.5. The van der Waals surface area contributed by atoms with Gasteiger partial charge in [-0.25, -0.2) is 8.42 Å². The summed E-state index contributed by atoms with van der Waals surface area (Å²) in [5.41, 5.74) is 1.68. The van der Waals surface area contributed by atoms with Crippen LogP contribution in [-0.2, 0) is 32.6 Å². The third kappa shape index (κ3) is 7.86. The number of halogens is 2. The molecule has 0 fully saturated rings. The Kier molecular flexibility index (Phi) is 10.0. The molecule has 0 bridgehead atoms. The number of carbonyl (C=O) groups is 2. The second-order valence-electron chi connectivity index (χ2n) is 8.59. The van der Waals surface area contributed by atoms with Gasteiger partial charge in [0.1, 0.15) is 18.3 Å². The van der Waals surface area contributed by atoms with E-state index < -0.39 is 28.5 Å². The summed E-state index contributed by atoms with van der Waals surface area (Å²) in [5, 5.41) is 3.07. The van der Waals surface area contributed by atoms with Gasteiger partial charge in [-0.1, -0.05) is 65.7 Å². The van der Waals surface area contributed by atoms with Crippen LogP contribution in [0.4, 0.5) is 5.69 Å². The van der Waals surface area contributed by atoms with Gasteiger partial charge in [0.05, 0.1) is 19.1 Å². The van der Waals surface area contributed by atoms with Crippen molar-refractivity contribution < 1.29 is 22.7 Å². The SMILES string of the molecule is CNC(=O)C(Cc1ccccc1)N(Cc1cccc(OC)c1)C(=O)CN(c1cc(Cl)cc(Cl)c1)S(C)(=O)=O. The van der Waals surface area contributed by atoms with Crippen LogP contribution in [0.5, 0.6) is 5.75 Å². The Morgan fingerprint density at radius 3 is 2.16 bits per heavy atom. The fraction of sp³-hybridized carbons (Fsp3) is 0.259. The zero-order chi connectivity index (χ0) is 27.9. The Morgan fingerprint density at radius 1 is 0.947 bits per heavy atom. The average molecular weight is 579 g/mol. The topological polar surface area (TPSA) is 96.0 Å². The first kappa shape index (κ1) is 29.3. The summed E-state index contributed by atoms with van der Waals surface area (Å²) < 4.78 is 31.8. The van der Waals surface area contributed by atoms with E-state index in [1.54, 1.807) is 24.3 Å². The first-order valence-electron chi connectivity index (χ1n) is 11.6. The third-order valence-corrected chi connectivity index (χ3v) is 7.40. The summed E-state index contributed by atoms with van der Waals surface area (Å²) in [6, 6.07) is 19.7. The molecular formula is C27H29Cl2N3O5S. The van der Waals surface area contributed by atoms with Crippen LogP contribution in [0.3, 0.4) is 0 Å². The molecule has 3 aromatic carbocycles. The summed E-state index contributed by atoms with van der Waals surface area (Å²) in [6.45, 7) is -0.531. The lowest BCUT2D eigenvalue weighted by atomic mass is 10.0. The van der Waals surface area contributed by atoms with Gasteiger partial charge < -0.3 is 15.0 Å². The third-order valence-electron chi connectivity index (χ3n) is 5.82. The Morgan fingerprint density at radius 2 is 1.58 bits per heavy atom. The molecular weight excluding hydrogens is 549 g/mol. The van der Waals surface area contributed by atoms with Crippen molar-refractivity contribution in [3.8, 4) is 5.75 Å². The highest BCUT2D eigenvalue weighted by Gasteiger charge is 2.32. The van der Waals surface area contributed by atoms with Crippen molar-refractivity contribution in [3.63, 3.8) is 0 Å². The van der Waals surface area contributed by atoms with E-state index in [4.69, 9.17) is 27.9 Å². The largest absolute Gasteiger partial charge is 0.497 e. The van der Waals surface area contributed by atoms with Crippen molar-refractivity contribution in [3.05, 3.63) is 94.0 Å². The minimum atomic E-state index is -3.93. The molecule has 3 aromatic rings. The molecule has 0 aliphatic rings. The van der Waals surface area contributed by atoms with Crippen molar-refractivity contribution >= 4 is 50.7 Å². The summed E-state index contributed by atoms with van der Waals surface area (Å²) in [5.74, 6) is -0.388. The van der Waals surface area contributed by atoms with Gasteiger partial charge in [-0.3, -0.25) is 13.9 Å². The summed E-state index contributed by atoms with van der Waals surface area (Å²) in [6.07, 6.45) is 1.21. The van der Waals surface area contributed by atoms with Gasteiger partial charge in [0.25, 0.3) is 0 Å². The molecule has 0 aliphatic carbocycles. The van der Waals surface area contributed by atoms with Crippen LogP contribution in [0.2, 0.25) is 10.0 Å². The molecule has 202 valence electrons. The monoisotopic (exact) mass is 577 g/mol. The minimum absolute atomic E-state index is 0.0366. The minimum Gasteiger partial charge on any atom is -0.497 e. The summed E-state index contributed by atoms with van der Waals surface area (Å²) in [4.78, 5) is 28.4. The van der Waals surface area contributed by atoms with Gasteiger partial charge in [0, 0.05) is 30.1 Å². The molecule has 38 heavy (non-hydrogen) atoms. The van der Waals surface area contributed by atoms with Crippen molar-refractivity contribution in [1.82, 2.24) is 10.2 Å². The van der Waals surface area contributed by atoms with Crippen molar-refractivity contribution in [1.29, 1.82) is 0 Å². The first-order valence-corrected chi connectivity index (χ1v) is 14.2. The lowest BCUT2D eigenvalue weighted by Gasteiger charge is -2.33. The van der Waals surface area contributed by atoms with Crippen LogP contribution in [0.15, 0.2) is 72.8 Å². The number of hydrogen-bond donors (Lipinski definition) is 1. The molecule has 2 amide bonds. The quantitative estimate of drug-likeness (QED) is 0.369. The van der Waals surface area contributed by atoms with E-state index in [0.717, 1.165) is 16.1 Å². The number of ether oxygens (including phenoxy) is 1. The molecule has 1 unspecified atom stereocenters. The van der Waals surface area contributed by atoms with E-state index in [1.807, 2.05) is 30.3 Å². The number of sulfonamides is 1. The molecule has 0 saturated heterocycles. The van der Waals surface area contributed by atoms with E-state index in [1.165, 1.54) is 37.3 Å². The zero-order valence-electron chi connectivity index (χ0n) is 21.2. The number of nitrogens with zero attached hydrogens (tertiary/aromatic N) is 2. The Hall–Kier alpha value is -3.27. The number of hydrogen-bond acceptors (Lipinski definition) is 5. The second-order valence-corrected chi connectivity index (χ2v) is 11.4. The predicted octanol–water partition coefficient (Wildman–Crippen LogP) is 4.15. The fourth-order valence-electron chi connectivity index (χ4n) is 3.99. The highest BCUT2D eigenvalue weighted by Crippen LogP contribution is 2.27. The average Bonchev–Trinajstić information content (AvgIpc) is 2.88.